The Hall–Kier alpha value is -0.750. The number of rotatable bonds is 6. The molecule has 1 amide bonds. The van der Waals surface area contributed by atoms with Crippen LogP contribution in [0.1, 0.15) is 47.0 Å². The highest BCUT2D eigenvalue weighted by Gasteiger charge is 2.34. The molecule has 1 rings (SSSR count). The van der Waals surface area contributed by atoms with Crippen molar-refractivity contribution in [2.24, 2.45) is 17.6 Å². The molecule has 0 aromatic rings. The molecule has 0 aromatic carbocycles. The van der Waals surface area contributed by atoms with Crippen LogP contribution in [0.4, 0.5) is 0 Å². The topological polar surface area (TPSA) is 92.4 Å². The van der Waals surface area contributed by atoms with Crippen LogP contribution in [0.2, 0.25) is 0 Å². The van der Waals surface area contributed by atoms with Gasteiger partial charge >= 0.3 is 5.97 Å². The highest BCUT2D eigenvalue weighted by atomic mass is 32.2. The van der Waals surface area contributed by atoms with Crippen LogP contribution >= 0.6 is 11.8 Å². The van der Waals surface area contributed by atoms with Crippen molar-refractivity contribution in [1.82, 2.24) is 5.32 Å². The van der Waals surface area contributed by atoms with Crippen molar-refractivity contribution in [1.29, 1.82) is 0 Å². The number of nitrogens with two attached hydrogens (primary N) is 1. The molecule has 0 bridgehead atoms. The Labute approximate surface area is 131 Å². The molecule has 122 valence electrons. The highest BCUT2D eigenvalue weighted by molar-refractivity contribution is 8.01. The summed E-state index contributed by atoms with van der Waals surface area (Å²) in [6, 6.07) is -0.748. The van der Waals surface area contributed by atoms with Crippen LogP contribution in [0.5, 0.6) is 0 Å². The van der Waals surface area contributed by atoms with E-state index in [1.807, 2.05) is 0 Å². The van der Waals surface area contributed by atoms with E-state index < -0.39 is 16.8 Å². The second kappa shape index (κ2) is 7.49. The molecule has 3 unspecified atom stereocenters. The van der Waals surface area contributed by atoms with E-state index in [1.54, 1.807) is 13.8 Å². The lowest BCUT2D eigenvalue weighted by Gasteiger charge is -2.35. The zero-order valence-corrected chi connectivity index (χ0v) is 14.2. The molecule has 0 saturated heterocycles. The molecule has 1 aliphatic carbocycles. The molecule has 4 atom stereocenters. The number of carboxylic acids is 1. The first kappa shape index (κ1) is 18.3. The van der Waals surface area contributed by atoms with Crippen molar-refractivity contribution >= 4 is 23.6 Å². The first-order chi connectivity index (χ1) is 9.65. The summed E-state index contributed by atoms with van der Waals surface area (Å²) < 4.78 is -0.672. The molecule has 0 spiro atoms. The molecular formula is C15H28N2O3S. The summed E-state index contributed by atoms with van der Waals surface area (Å²) in [7, 11) is 0. The number of carboxylic acid groups (broad SMARTS) is 1. The molecule has 1 aliphatic rings. The van der Waals surface area contributed by atoms with E-state index in [2.05, 4.69) is 19.2 Å². The van der Waals surface area contributed by atoms with Gasteiger partial charge in [0.15, 0.2) is 0 Å². The van der Waals surface area contributed by atoms with Crippen molar-refractivity contribution in [2.45, 2.75) is 63.8 Å². The number of aliphatic carboxylic acids is 1. The number of nitrogens with one attached hydrogen (secondary N) is 1. The molecule has 5 nitrogen and oxygen atoms in total. The predicted octanol–water partition coefficient (Wildman–Crippen LogP) is 1.85. The Bertz CT molecular complexity index is 387. The number of carbonyl (C=O) groups is 2. The van der Waals surface area contributed by atoms with E-state index in [9.17, 15) is 9.59 Å². The lowest BCUT2D eigenvalue weighted by molar-refractivity contribution is -0.139. The zero-order chi connectivity index (χ0) is 16.2. The number of amides is 1. The van der Waals surface area contributed by atoms with Gasteiger partial charge in [0, 0.05) is 10.8 Å². The zero-order valence-electron chi connectivity index (χ0n) is 13.4. The third-order valence-corrected chi connectivity index (χ3v) is 6.05. The molecule has 4 N–H and O–H groups in total. The Balaban J connectivity index is 2.45. The number of hydrogen-bond donors (Lipinski definition) is 3. The fourth-order valence-corrected chi connectivity index (χ4v) is 3.54. The van der Waals surface area contributed by atoms with Crippen molar-refractivity contribution in [2.75, 3.05) is 5.75 Å². The minimum Gasteiger partial charge on any atom is -0.480 e. The standard InChI is InChI=1S/C15H28N2O3S/c1-9-6-5-7-11(10(9)2)17-12(18)8-21-15(3,4)13(16)14(19)20/h9-11,13H,5-8,16H2,1-4H3,(H,17,18)(H,19,20)/t9?,10?,11?,13-/m1/s1. The van der Waals surface area contributed by atoms with Gasteiger partial charge in [0.25, 0.3) is 0 Å². The third-order valence-electron chi connectivity index (χ3n) is 4.64. The summed E-state index contributed by atoms with van der Waals surface area (Å²) >= 11 is 1.30. The summed E-state index contributed by atoms with van der Waals surface area (Å²) in [5, 5.41) is 12.1. The predicted molar refractivity (Wildman–Crippen MR) is 86.3 cm³/mol. The van der Waals surface area contributed by atoms with Crippen molar-refractivity contribution in [3.63, 3.8) is 0 Å². The Kier molecular flexibility index (Phi) is 6.53. The van der Waals surface area contributed by atoms with Crippen LogP contribution in [-0.2, 0) is 9.59 Å². The Morgan fingerprint density at radius 3 is 2.57 bits per heavy atom. The number of hydrogen-bond acceptors (Lipinski definition) is 4. The normalized spacial score (nSPS) is 28.0. The minimum absolute atomic E-state index is 0.0309. The van der Waals surface area contributed by atoms with Crippen molar-refractivity contribution in [3.8, 4) is 0 Å². The fraction of sp³-hybridized carbons (Fsp3) is 0.867. The average molecular weight is 316 g/mol. The molecule has 0 aromatic heterocycles. The van der Waals surface area contributed by atoms with Gasteiger partial charge in [-0.1, -0.05) is 26.7 Å². The third kappa shape index (κ3) is 5.18. The summed E-state index contributed by atoms with van der Waals surface area (Å²) in [4.78, 5) is 23.0. The van der Waals surface area contributed by atoms with E-state index in [4.69, 9.17) is 10.8 Å². The fourth-order valence-electron chi connectivity index (χ4n) is 2.67. The van der Waals surface area contributed by atoms with Gasteiger partial charge in [-0.25, -0.2) is 0 Å². The van der Waals surface area contributed by atoms with Crippen LogP contribution in [0.25, 0.3) is 0 Å². The average Bonchev–Trinajstić information content (AvgIpc) is 2.41. The maximum atomic E-state index is 12.1. The molecule has 0 radical (unpaired) electrons. The van der Waals surface area contributed by atoms with Gasteiger partial charge in [0.1, 0.15) is 6.04 Å². The molecule has 6 heteroatoms. The molecule has 21 heavy (non-hydrogen) atoms. The number of thioether (sulfide) groups is 1. The van der Waals surface area contributed by atoms with Gasteiger partial charge in [-0.15, -0.1) is 11.8 Å². The summed E-state index contributed by atoms with van der Waals surface area (Å²) in [5.74, 6) is 0.292. The SMILES string of the molecule is CC1CCCC(NC(=O)CSC(C)(C)[C@H](N)C(=O)O)C1C. The van der Waals surface area contributed by atoms with Crippen LogP contribution in [0, 0.1) is 11.8 Å². The molecule has 0 aliphatic heterocycles. The molecule has 1 saturated carbocycles. The van der Waals surface area contributed by atoms with Gasteiger partial charge < -0.3 is 16.2 Å². The van der Waals surface area contributed by atoms with Crippen molar-refractivity contribution in [3.05, 3.63) is 0 Å². The van der Waals surface area contributed by atoms with E-state index >= 15 is 0 Å². The first-order valence-electron chi connectivity index (χ1n) is 7.57. The lowest BCUT2D eigenvalue weighted by Crippen LogP contribution is -2.48. The quantitative estimate of drug-likeness (QED) is 0.695. The summed E-state index contributed by atoms with van der Waals surface area (Å²) in [6.07, 6.45) is 3.40. The van der Waals surface area contributed by atoms with Crippen LogP contribution in [0.15, 0.2) is 0 Å². The second-order valence-electron chi connectivity index (χ2n) is 6.65. The summed E-state index contributed by atoms with van der Waals surface area (Å²) in [5.41, 5.74) is 5.65. The van der Waals surface area contributed by atoms with Gasteiger partial charge in [-0.2, -0.15) is 0 Å². The van der Waals surface area contributed by atoms with E-state index in [0.717, 1.165) is 12.8 Å². The Morgan fingerprint density at radius 1 is 1.38 bits per heavy atom. The first-order valence-corrected chi connectivity index (χ1v) is 8.55. The van der Waals surface area contributed by atoms with E-state index in [0.29, 0.717) is 11.8 Å². The Morgan fingerprint density at radius 2 is 2.00 bits per heavy atom. The van der Waals surface area contributed by atoms with Gasteiger partial charge in [0.05, 0.1) is 5.75 Å². The highest BCUT2D eigenvalue weighted by Crippen LogP contribution is 2.30. The van der Waals surface area contributed by atoms with Gasteiger partial charge in [-0.3, -0.25) is 9.59 Å². The van der Waals surface area contributed by atoms with Gasteiger partial charge in [0.2, 0.25) is 5.91 Å². The van der Waals surface area contributed by atoms with Gasteiger partial charge in [-0.05, 0) is 32.1 Å². The maximum absolute atomic E-state index is 12.1. The molecular weight excluding hydrogens is 288 g/mol. The smallest absolute Gasteiger partial charge is 0.321 e. The second-order valence-corrected chi connectivity index (χ2v) is 8.28. The van der Waals surface area contributed by atoms with Crippen LogP contribution in [-0.4, -0.2) is 39.6 Å². The monoisotopic (exact) mass is 316 g/mol. The van der Waals surface area contributed by atoms with Crippen LogP contribution in [0.3, 0.4) is 0 Å². The van der Waals surface area contributed by atoms with Crippen LogP contribution < -0.4 is 11.1 Å². The van der Waals surface area contributed by atoms with E-state index in [1.165, 1.54) is 18.2 Å². The molecule has 0 heterocycles. The maximum Gasteiger partial charge on any atom is 0.321 e. The minimum atomic E-state index is -1.04. The molecule has 1 fully saturated rings. The lowest BCUT2D eigenvalue weighted by atomic mass is 9.78. The summed E-state index contributed by atoms with van der Waals surface area (Å²) in [6.45, 7) is 7.93. The number of carbonyl (C=O) groups excluding carboxylic acids is 1. The van der Waals surface area contributed by atoms with Crippen molar-refractivity contribution < 1.29 is 14.7 Å². The largest absolute Gasteiger partial charge is 0.480 e. The van der Waals surface area contributed by atoms with E-state index in [-0.39, 0.29) is 17.7 Å².